The van der Waals surface area contributed by atoms with Gasteiger partial charge in [0.15, 0.2) is 0 Å². The van der Waals surface area contributed by atoms with Gasteiger partial charge in [0, 0.05) is 0 Å². The summed E-state index contributed by atoms with van der Waals surface area (Å²) in [6, 6.07) is 24.6. The van der Waals surface area contributed by atoms with E-state index in [-0.39, 0.29) is 18.2 Å². The average molecular weight is 668 g/mol. The Kier molecular flexibility index (Phi) is 6.39. The van der Waals surface area contributed by atoms with Gasteiger partial charge in [-0.25, -0.2) is 0 Å². The third-order valence-electron chi connectivity index (χ3n) is 7.57. The standard InChI is InChI=1S/C21H25.C11H9.2ClH.Hf/c1-20(2,3)16-7-9-18-14(12-16)11-15-13-17(21(4,5)6)8-10-19(15)18;1-2-6-10(7-3-1)11-8-4-5-9-11;;;/h7-13H,1-6H3;1-9H;2*1H;/q;;;;+2/p-2. The van der Waals surface area contributed by atoms with Gasteiger partial charge in [0.2, 0.25) is 0 Å². The first-order chi connectivity index (χ1) is 16.4. The first-order valence-corrected chi connectivity index (χ1v) is 25.5. The van der Waals surface area contributed by atoms with Crippen LogP contribution in [0.1, 0.15) is 73.0 Å². The molecule has 0 saturated heterocycles. The number of halogens is 2. The van der Waals surface area contributed by atoms with Crippen LogP contribution in [-0.4, -0.2) is 0 Å². The number of fused-ring (bicyclic) bond motifs is 3. The van der Waals surface area contributed by atoms with E-state index >= 15 is 0 Å². The van der Waals surface area contributed by atoms with Crippen molar-refractivity contribution in [3.8, 4) is 11.1 Å². The van der Waals surface area contributed by atoms with E-state index in [1.807, 2.05) is 0 Å². The first kappa shape index (κ1) is 25.2. The number of hydrogen-bond acceptors (Lipinski definition) is 0. The van der Waals surface area contributed by atoms with Crippen LogP contribution in [0, 0.1) is 0 Å². The van der Waals surface area contributed by atoms with E-state index in [0.717, 1.165) is 0 Å². The molecule has 0 N–H and O–H groups in total. The van der Waals surface area contributed by atoms with E-state index in [0.29, 0.717) is 0 Å². The summed E-state index contributed by atoms with van der Waals surface area (Å²) in [7, 11) is 15.6. The molecule has 0 aliphatic heterocycles. The Morgan fingerprint density at radius 2 is 1.20 bits per heavy atom. The fraction of sp³-hybridized carbons (Fsp3) is 0.312. The van der Waals surface area contributed by atoms with Crippen molar-refractivity contribution in [3.63, 3.8) is 0 Å². The number of benzene rings is 3. The van der Waals surface area contributed by atoms with Crippen molar-refractivity contribution in [1.82, 2.24) is 0 Å². The quantitative estimate of drug-likeness (QED) is 0.244. The van der Waals surface area contributed by atoms with Crippen molar-refractivity contribution in [2.45, 2.75) is 59.7 Å². The van der Waals surface area contributed by atoms with Crippen molar-refractivity contribution < 1.29 is 17.6 Å². The summed E-state index contributed by atoms with van der Waals surface area (Å²) in [4.78, 5) is 0. The monoisotopic (exact) mass is 668 g/mol. The fourth-order valence-corrected chi connectivity index (χ4v) is 22.2. The molecule has 5 rings (SSSR count). The zero-order valence-corrected chi connectivity index (χ0v) is 26.6. The minimum absolute atomic E-state index is 0.0610. The first-order valence-electron chi connectivity index (χ1n) is 12.5. The Morgan fingerprint density at radius 1 is 0.686 bits per heavy atom. The third-order valence-corrected chi connectivity index (χ3v) is 24.8. The predicted octanol–water partition coefficient (Wildman–Crippen LogP) is 10.3. The van der Waals surface area contributed by atoms with Crippen molar-refractivity contribution in [3.05, 3.63) is 113 Å². The molecule has 1 atom stereocenters. The van der Waals surface area contributed by atoms with E-state index < -0.39 is 17.6 Å². The molecule has 0 aromatic heterocycles. The van der Waals surface area contributed by atoms with Crippen LogP contribution in [-0.2, 0) is 28.4 Å². The molecule has 1 unspecified atom stereocenters. The second-order valence-electron chi connectivity index (χ2n) is 12.1. The molecule has 0 nitrogen and oxygen atoms in total. The Morgan fingerprint density at radius 3 is 1.69 bits per heavy atom. The van der Waals surface area contributed by atoms with E-state index in [9.17, 15) is 0 Å². The van der Waals surface area contributed by atoms with Crippen molar-refractivity contribution >= 4 is 22.7 Å². The summed E-state index contributed by atoms with van der Waals surface area (Å²) < 4.78 is 0.189. The summed E-state index contributed by atoms with van der Waals surface area (Å²) in [6.07, 6.45) is 6.64. The Hall–Kier alpha value is -1.41. The van der Waals surface area contributed by atoms with E-state index in [4.69, 9.17) is 17.2 Å². The molecule has 3 aromatic carbocycles. The van der Waals surface area contributed by atoms with Gasteiger partial charge in [-0.3, -0.25) is 0 Å². The van der Waals surface area contributed by atoms with Crippen molar-refractivity contribution in [2.75, 3.05) is 0 Å². The van der Waals surface area contributed by atoms with Crippen LogP contribution in [0.25, 0.3) is 16.7 Å². The molecular formula is C32H34Cl2Hf. The summed E-state index contributed by atoms with van der Waals surface area (Å²) in [6.45, 7) is 13.7. The van der Waals surface area contributed by atoms with Gasteiger partial charge in [0.05, 0.1) is 0 Å². The molecule has 0 fully saturated rings. The fourth-order valence-electron chi connectivity index (χ4n) is 5.51. The molecule has 0 radical (unpaired) electrons. The topological polar surface area (TPSA) is 0 Å². The van der Waals surface area contributed by atoms with Crippen LogP contribution in [0.4, 0.5) is 0 Å². The molecule has 35 heavy (non-hydrogen) atoms. The minimum atomic E-state index is -4.10. The molecule has 3 heteroatoms. The molecule has 0 spiro atoms. The molecule has 2 aliphatic carbocycles. The van der Waals surface area contributed by atoms with E-state index in [1.165, 1.54) is 44.5 Å². The molecule has 180 valence electrons. The van der Waals surface area contributed by atoms with E-state index in [1.54, 1.807) is 0 Å². The van der Waals surface area contributed by atoms with Crippen LogP contribution < -0.4 is 0 Å². The van der Waals surface area contributed by atoms with Crippen molar-refractivity contribution in [1.29, 1.82) is 0 Å². The molecule has 0 saturated carbocycles. The van der Waals surface area contributed by atoms with Crippen molar-refractivity contribution in [2.24, 2.45) is 0 Å². The molecule has 3 aromatic rings. The molecular weight excluding hydrogens is 634 g/mol. The second kappa shape index (κ2) is 8.86. The summed E-state index contributed by atoms with van der Waals surface area (Å²) in [5.74, 6) is 0. The normalized spacial score (nSPS) is 17.9. The van der Waals surface area contributed by atoms with E-state index in [2.05, 4.69) is 127 Å². The molecule has 2 aliphatic rings. The summed E-state index contributed by atoms with van der Waals surface area (Å²) in [5.41, 5.74) is 10.6. The number of hydrogen-bond donors (Lipinski definition) is 0. The maximum absolute atomic E-state index is 7.78. The van der Waals surface area contributed by atoms with Gasteiger partial charge in [-0.1, -0.05) is 0 Å². The summed E-state index contributed by atoms with van der Waals surface area (Å²) >= 11 is -4.10. The molecule has 0 bridgehead atoms. The van der Waals surface area contributed by atoms with Crippen LogP contribution in [0.5, 0.6) is 0 Å². The Bertz CT molecular complexity index is 1270. The van der Waals surface area contributed by atoms with Gasteiger partial charge in [-0.15, -0.1) is 0 Å². The summed E-state index contributed by atoms with van der Waals surface area (Å²) in [5, 5.41) is 0. The average Bonchev–Trinajstić information content (AvgIpc) is 3.41. The zero-order valence-electron chi connectivity index (χ0n) is 21.5. The predicted molar refractivity (Wildman–Crippen MR) is 150 cm³/mol. The molecule has 0 heterocycles. The van der Waals surface area contributed by atoms with Gasteiger partial charge < -0.3 is 0 Å². The van der Waals surface area contributed by atoms with Gasteiger partial charge in [-0.2, -0.15) is 0 Å². The number of rotatable bonds is 3. The number of allylic oxidation sites excluding steroid dienone is 4. The van der Waals surface area contributed by atoms with Gasteiger partial charge in [-0.05, 0) is 0 Å². The van der Waals surface area contributed by atoms with Gasteiger partial charge in [0.25, 0.3) is 0 Å². The van der Waals surface area contributed by atoms with Crippen LogP contribution in [0.2, 0.25) is 3.67 Å². The van der Waals surface area contributed by atoms with Crippen LogP contribution >= 0.6 is 17.2 Å². The maximum atomic E-state index is 7.78. The van der Waals surface area contributed by atoms with Crippen LogP contribution in [0.3, 0.4) is 0 Å². The van der Waals surface area contributed by atoms with Crippen LogP contribution in [0.15, 0.2) is 85.0 Å². The zero-order chi connectivity index (χ0) is 25.2. The molecule has 0 amide bonds. The SMILES string of the molecule is CC(C)(C)c1ccc2c(c1)[CH]([Hf]([Cl])([Cl])[CH]1C=CC=C1c1ccccc1)c1cc(C(C)(C)C)ccc1-2. The third kappa shape index (κ3) is 4.47. The van der Waals surface area contributed by atoms with Gasteiger partial charge >= 0.3 is 224 Å². The second-order valence-corrected chi connectivity index (χ2v) is 33.0. The Balaban J connectivity index is 1.70. The Labute approximate surface area is 222 Å². The van der Waals surface area contributed by atoms with Gasteiger partial charge in [0.1, 0.15) is 0 Å².